The third kappa shape index (κ3) is 3.93. The second kappa shape index (κ2) is 8.28. The van der Waals surface area contributed by atoms with Gasteiger partial charge in [0, 0.05) is 24.5 Å². The lowest BCUT2D eigenvalue weighted by Gasteiger charge is -2.30. The number of benzene rings is 2. The van der Waals surface area contributed by atoms with E-state index in [1.165, 1.54) is 16.4 Å². The molecule has 0 saturated heterocycles. The number of pyridine rings is 1. The second-order valence-electron chi connectivity index (χ2n) is 7.31. The molecule has 0 saturated carbocycles. The molecule has 1 N–H and O–H groups in total. The van der Waals surface area contributed by atoms with Gasteiger partial charge in [0.05, 0.1) is 16.6 Å². The third-order valence-corrected chi connectivity index (χ3v) is 7.11. The summed E-state index contributed by atoms with van der Waals surface area (Å²) < 4.78 is 28.2. The van der Waals surface area contributed by atoms with E-state index in [1.54, 1.807) is 24.5 Å². The molecule has 0 fully saturated rings. The fourth-order valence-electron chi connectivity index (χ4n) is 3.69. The molecule has 0 spiro atoms. The van der Waals surface area contributed by atoms with Crippen LogP contribution in [0.25, 0.3) is 0 Å². The van der Waals surface area contributed by atoms with Crippen molar-refractivity contribution in [3.8, 4) is 0 Å². The smallest absolute Gasteiger partial charge is 0.264 e. The van der Waals surface area contributed by atoms with Gasteiger partial charge in [-0.15, -0.1) is 0 Å². The van der Waals surface area contributed by atoms with Gasteiger partial charge in [0.2, 0.25) is 0 Å². The average molecular weight is 422 g/mol. The number of aryl methyl sites for hydroxylation is 1. The number of carbonyl (C=O) groups is 1. The maximum Gasteiger partial charge on any atom is 0.264 e. The van der Waals surface area contributed by atoms with Crippen LogP contribution in [-0.2, 0) is 16.4 Å². The zero-order valence-electron chi connectivity index (χ0n) is 16.7. The van der Waals surface area contributed by atoms with E-state index in [1.807, 2.05) is 43.3 Å². The number of anilines is 1. The first-order chi connectivity index (χ1) is 14.5. The zero-order chi connectivity index (χ0) is 21.1. The van der Waals surface area contributed by atoms with E-state index in [9.17, 15) is 13.2 Å². The molecule has 2 heterocycles. The van der Waals surface area contributed by atoms with Crippen molar-refractivity contribution in [1.29, 1.82) is 0 Å². The third-order valence-electron chi connectivity index (χ3n) is 5.31. The summed E-state index contributed by atoms with van der Waals surface area (Å²) in [4.78, 5) is 16.8. The molecule has 0 radical (unpaired) electrons. The highest BCUT2D eigenvalue weighted by Crippen LogP contribution is 2.32. The highest BCUT2D eigenvalue weighted by molar-refractivity contribution is 7.92. The quantitative estimate of drug-likeness (QED) is 0.681. The van der Waals surface area contributed by atoms with Crippen molar-refractivity contribution >= 4 is 21.6 Å². The van der Waals surface area contributed by atoms with Crippen LogP contribution in [0.15, 0.2) is 78.0 Å². The second-order valence-corrected chi connectivity index (χ2v) is 9.18. The molecule has 1 aliphatic heterocycles. The molecule has 30 heavy (non-hydrogen) atoms. The van der Waals surface area contributed by atoms with Crippen molar-refractivity contribution in [2.75, 3.05) is 10.8 Å². The van der Waals surface area contributed by atoms with Gasteiger partial charge in [0.1, 0.15) is 0 Å². The number of para-hydroxylation sites is 1. The summed E-state index contributed by atoms with van der Waals surface area (Å²) in [7, 11) is -3.77. The summed E-state index contributed by atoms with van der Waals surface area (Å²) in [6.45, 7) is 2.30. The maximum absolute atomic E-state index is 13.4. The zero-order valence-corrected chi connectivity index (χ0v) is 17.5. The number of hydrogen-bond donors (Lipinski definition) is 1. The predicted molar refractivity (Wildman–Crippen MR) is 116 cm³/mol. The lowest BCUT2D eigenvalue weighted by molar-refractivity contribution is 0.0939. The molecule has 1 amide bonds. The Morgan fingerprint density at radius 1 is 1.07 bits per heavy atom. The van der Waals surface area contributed by atoms with Crippen molar-refractivity contribution in [1.82, 2.24) is 10.3 Å². The molecule has 0 aliphatic carbocycles. The number of hydrogen-bond acceptors (Lipinski definition) is 4. The molecule has 1 aromatic heterocycles. The van der Waals surface area contributed by atoms with E-state index in [4.69, 9.17) is 0 Å². The van der Waals surface area contributed by atoms with Gasteiger partial charge >= 0.3 is 0 Å². The molecular weight excluding hydrogens is 398 g/mol. The summed E-state index contributed by atoms with van der Waals surface area (Å²) in [5.74, 6) is -0.324. The minimum atomic E-state index is -3.77. The Balaban J connectivity index is 1.60. The van der Waals surface area contributed by atoms with Crippen molar-refractivity contribution in [3.63, 3.8) is 0 Å². The molecule has 7 heteroatoms. The first kappa shape index (κ1) is 20.1. The number of amides is 1. The standard InChI is InChI=1S/C23H23N3O3S/c1-17(18-11-13-24-14-12-18)25-23(27)20-7-4-9-21(16-20)30(28,29)26-15-5-8-19-6-2-3-10-22(19)26/h2-4,6-7,9-14,16-17H,5,8,15H2,1H3,(H,25,27). The van der Waals surface area contributed by atoms with Crippen LogP contribution in [0.2, 0.25) is 0 Å². The largest absolute Gasteiger partial charge is 0.346 e. The topological polar surface area (TPSA) is 79.4 Å². The van der Waals surface area contributed by atoms with Gasteiger partial charge in [-0.25, -0.2) is 8.42 Å². The molecule has 0 bridgehead atoms. The Morgan fingerprint density at radius 3 is 2.63 bits per heavy atom. The first-order valence-corrected chi connectivity index (χ1v) is 11.3. The number of rotatable bonds is 5. The van der Waals surface area contributed by atoms with Gasteiger partial charge in [-0.05, 0) is 67.3 Å². The monoisotopic (exact) mass is 421 g/mol. The minimum Gasteiger partial charge on any atom is -0.346 e. The molecule has 1 atom stereocenters. The Morgan fingerprint density at radius 2 is 1.83 bits per heavy atom. The van der Waals surface area contributed by atoms with Crippen LogP contribution in [0.3, 0.4) is 0 Å². The SMILES string of the molecule is CC(NC(=O)c1cccc(S(=O)(=O)N2CCCc3ccccc32)c1)c1ccncc1. The van der Waals surface area contributed by atoms with E-state index >= 15 is 0 Å². The van der Waals surface area contributed by atoms with Crippen LogP contribution in [0.5, 0.6) is 0 Å². The van der Waals surface area contributed by atoms with Crippen molar-refractivity contribution in [2.24, 2.45) is 0 Å². The van der Waals surface area contributed by atoms with Crippen LogP contribution in [-0.4, -0.2) is 25.9 Å². The summed E-state index contributed by atoms with van der Waals surface area (Å²) in [6.07, 6.45) is 4.96. The van der Waals surface area contributed by atoms with E-state index in [0.29, 0.717) is 17.8 Å². The van der Waals surface area contributed by atoms with Gasteiger partial charge in [-0.3, -0.25) is 14.1 Å². The number of carbonyl (C=O) groups excluding carboxylic acids is 1. The molecule has 6 nitrogen and oxygen atoms in total. The Bertz CT molecular complexity index is 1160. The molecule has 4 rings (SSSR count). The normalized spacial score (nSPS) is 14.6. The van der Waals surface area contributed by atoms with E-state index in [-0.39, 0.29) is 16.8 Å². The van der Waals surface area contributed by atoms with Crippen LogP contribution in [0, 0.1) is 0 Å². The fourth-order valence-corrected chi connectivity index (χ4v) is 5.28. The number of aromatic nitrogens is 1. The van der Waals surface area contributed by atoms with Gasteiger partial charge in [0.25, 0.3) is 15.9 Å². The van der Waals surface area contributed by atoms with Gasteiger partial charge < -0.3 is 5.32 Å². The number of nitrogens with one attached hydrogen (secondary N) is 1. The lowest BCUT2D eigenvalue weighted by Crippen LogP contribution is -2.35. The molecule has 1 aliphatic rings. The molecular formula is C23H23N3O3S. The van der Waals surface area contributed by atoms with Gasteiger partial charge in [0.15, 0.2) is 0 Å². The molecule has 3 aromatic rings. The number of fused-ring (bicyclic) bond motifs is 1. The Hall–Kier alpha value is -3.19. The van der Waals surface area contributed by atoms with Crippen LogP contribution < -0.4 is 9.62 Å². The van der Waals surface area contributed by atoms with E-state index < -0.39 is 10.0 Å². The Kier molecular flexibility index (Phi) is 5.55. The van der Waals surface area contributed by atoms with Gasteiger partial charge in [-0.2, -0.15) is 0 Å². The van der Waals surface area contributed by atoms with Crippen molar-refractivity contribution in [2.45, 2.75) is 30.7 Å². The van der Waals surface area contributed by atoms with Crippen LogP contribution >= 0.6 is 0 Å². The minimum absolute atomic E-state index is 0.114. The average Bonchev–Trinajstić information content (AvgIpc) is 2.79. The molecule has 1 unspecified atom stereocenters. The number of sulfonamides is 1. The van der Waals surface area contributed by atoms with E-state index in [2.05, 4.69) is 10.3 Å². The Labute approximate surface area is 176 Å². The molecule has 154 valence electrons. The first-order valence-electron chi connectivity index (χ1n) is 9.88. The van der Waals surface area contributed by atoms with Crippen LogP contribution in [0.1, 0.15) is 40.9 Å². The van der Waals surface area contributed by atoms with Crippen LogP contribution in [0.4, 0.5) is 5.69 Å². The van der Waals surface area contributed by atoms with Gasteiger partial charge in [-0.1, -0.05) is 24.3 Å². The highest BCUT2D eigenvalue weighted by atomic mass is 32.2. The van der Waals surface area contributed by atoms with Crippen molar-refractivity contribution in [3.05, 3.63) is 89.7 Å². The fraction of sp³-hybridized carbons (Fsp3) is 0.217. The number of nitrogens with zero attached hydrogens (tertiary/aromatic N) is 2. The summed E-state index contributed by atoms with van der Waals surface area (Å²) in [6, 6.07) is 17.2. The molecule has 2 aromatic carbocycles. The maximum atomic E-state index is 13.4. The van der Waals surface area contributed by atoms with E-state index in [0.717, 1.165) is 24.0 Å². The van der Waals surface area contributed by atoms with Crippen molar-refractivity contribution < 1.29 is 13.2 Å². The highest BCUT2D eigenvalue weighted by Gasteiger charge is 2.29. The predicted octanol–water partition coefficient (Wildman–Crippen LogP) is 3.71. The summed E-state index contributed by atoms with van der Waals surface area (Å²) in [5, 5.41) is 2.91. The lowest BCUT2D eigenvalue weighted by atomic mass is 10.0. The summed E-state index contributed by atoms with van der Waals surface area (Å²) >= 11 is 0. The summed E-state index contributed by atoms with van der Waals surface area (Å²) in [5.41, 5.74) is 2.96.